The summed E-state index contributed by atoms with van der Waals surface area (Å²) in [7, 11) is 0. The summed E-state index contributed by atoms with van der Waals surface area (Å²) < 4.78 is 0. The molecule has 1 heterocycles. The average Bonchev–Trinajstić information content (AvgIpc) is 2.59. The molecule has 6 N–H and O–H groups in total. The van der Waals surface area contributed by atoms with Gasteiger partial charge in [0.25, 0.3) is 0 Å². The van der Waals surface area contributed by atoms with Crippen LogP contribution in [-0.4, -0.2) is 26.0 Å². The molecule has 6 nitrogen and oxygen atoms in total. The zero-order valence-corrected chi connectivity index (χ0v) is 14.5. The first-order valence-electron chi connectivity index (χ1n) is 7.83. The third-order valence-electron chi connectivity index (χ3n) is 4.40. The van der Waals surface area contributed by atoms with Crippen molar-refractivity contribution in [3.05, 3.63) is 66.0 Å². The fraction of sp³-hybridized carbons (Fsp3) is 0.100. The highest BCUT2D eigenvalue weighted by Crippen LogP contribution is 2.35. The average molecular weight is 351 g/mol. The van der Waals surface area contributed by atoms with Crippen LogP contribution in [0.1, 0.15) is 11.1 Å². The van der Waals surface area contributed by atoms with Gasteiger partial charge in [0.2, 0.25) is 0 Å². The highest BCUT2D eigenvalue weighted by molar-refractivity contribution is 6.01. The summed E-state index contributed by atoms with van der Waals surface area (Å²) >= 11 is 0. The standard InChI is InChI=1S/C20H17N3O.2H2O/c1-12-9-16-17(10-13(12)2)21-11-22-20(16)23-19-15-6-4-3-5-14(15)7-8-18(19)24;;/h3-11,24H,1-2H3,(H,21,22,23);2*1H2. The Hall–Kier alpha value is -3.22. The van der Waals surface area contributed by atoms with Gasteiger partial charge in [-0.2, -0.15) is 0 Å². The van der Waals surface area contributed by atoms with Crippen LogP contribution in [0.5, 0.6) is 5.75 Å². The monoisotopic (exact) mass is 351 g/mol. The minimum Gasteiger partial charge on any atom is -0.506 e. The summed E-state index contributed by atoms with van der Waals surface area (Å²) in [5, 5.41) is 16.6. The summed E-state index contributed by atoms with van der Waals surface area (Å²) in [5.41, 5.74) is 3.92. The molecule has 0 spiro atoms. The number of aromatic hydroxyl groups is 1. The molecule has 3 aromatic carbocycles. The lowest BCUT2D eigenvalue weighted by molar-refractivity contribution is 0.478. The molecule has 26 heavy (non-hydrogen) atoms. The van der Waals surface area contributed by atoms with E-state index in [1.54, 1.807) is 12.4 Å². The van der Waals surface area contributed by atoms with Crippen molar-refractivity contribution < 1.29 is 16.1 Å². The predicted molar refractivity (Wildman–Crippen MR) is 105 cm³/mol. The highest BCUT2D eigenvalue weighted by Gasteiger charge is 2.11. The number of rotatable bonds is 2. The van der Waals surface area contributed by atoms with Crippen molar-refractivity contribution in [2.75, 3.05) is 5.32 Å². The van der Waals surface area contributed by atoms with E-state index < -0.39 is 0 Å². The maximum Gasteiger partial charge on any atom is 0.141 e. The number of hydrogen-bond donors (Lipinski definition) is 2. The number of phenolic OH excluding ortho intramolecular Hbond substituents is 1. The molecule has 0 aliphatic rings. The van der Waals surface area contributed by atoms with Crippen molar-refractivity contribution in [2.24, 2.45) is 0 Å². The maximum absolute atomic E-state index is 10.3. The van der Waals surface area contributed by atoms with Gasteiger partial charge in [-0.25, -0.2) is 9.97 Å². The van der Waals surface area contributed by atoms with Crippen molar-refractivity contribution in [3.63, 3.8) is 0 Å². The van der Waals surface area contributed by atoms with Crippen LogP contribution in [0.4, 0.5) is 11.5 Å². The lowest BCUT2D eigenvalue weighted by atomic mass is 10.1. The van der Waals surface area contributed by atoms with E-state index in [4.69, 9.17) is 0 Å². The zero-order chi connectivity index (χ0) is 16.7. The second kappa shape index (κ2) is 7.35. The number of nitrogens with zero attached hydrogens (tertiary/aromatic N) is 2. The van der Waals surface area contributed by atoms with Crippen LogP contribution >= 0.6 is 0 Å². The summed E-state index contributed by atoms with van der Waals surface area (Å²) in [6, 6.07) is 15.7. The third kappa shape index (κ3) is 3.15. The van der Waals surface area contributed by atoms with E-state index in [0.717, 1.165) is 21.7 Å². The van der Waals surface area contributed by atoms with Crippen molar-refractivity contribution in [1.29, 1.82) is 0 Å². The Morgan fingerprint density at radius 2 is 1.58 bits per heavy atom. The lowest BCUT2D eigenvalue weighted by Gasteiger charge is -2.13. The first-order valence-corrected chi connectivity index (χ1v) is 7.83. The third-order valence-corrected chi connectivity index (χ3v) is 4.40. The van der Waals surface area contributed by atoms with E-state index in [-0.39, 0.29) is 16.7 Å². The largest absolute Gasteiger partial charge is 0.506 e. The molecule has 0 unspecified atom stereocenters. The topological polar surface area (TPSA) is 121 Å². The molecule has 1 aromatic heterocycles. The minimum absolute atomic E-state index is 0. The highest BCUT2D eigenvalue weighted by atomic mass is 16.3. The van der Waals surface area contributed by atoms with Crippen LogP contribution in [0.3, 0.4) is 0 Å². The Morgan fingerprint density at radius 3 is 2.38 bits per heavy atom. The van der Waals surface area contributed by atoms with Gasteiger partial charge in [0, 0.05) is 10.8 Å². The van der Waals surface area contributed by atoms with E-state index in [1.807, 2.05) is 30.3 Å². The molecule has 0 bridgehead atoms. The lowest BCUT2D eigenvalue weighted by Crippen LogP contribution is -1.98. The van der Waals surface area contributed by atoms with Crippen LogP contribution in [0.2, 0.25) is 0 Å². The van der Waals surface area contributed by atoms with E-state index in [2.05, 4.69) is 41.3 Å². The fourth-order valence-corrected chi connectivity index (χ4v) is 2.93. The van der Waals surface area contributed by atoms with Gasteiger partial charge in [0.1, 0.15) is 17.9 Å². The molecule has 134 valence electrons. The number of anilines is 2. The summed E-state index contributed by atoms with van der Waals surface area (Å²) in [6.07, 6.45) is 1.54. The minimum atomic E-state index is 0. The van der Waals surface area contributed by atoms with Gasteiger partial charge in [-0.3, -0.25) is 0 Å². The van der Waals surface area contributed by atoms with Gasteiger partial charge in [-0.15, -0.1) is 0 Å². The normalized spacial score (nSPS) is 10.2. The van der Waals surface area contributed by atoms with Crippen molar-refractivity contribution in [3.8, 4) is 5.75 Å². The summed E-state index contributed by atoms with van der Waals surface area (Å²) in [4.78, 5) is 8.74. The van der Waals surface area contributed by atoms with Gasteiger partial charge in [0.05, 0.1) is 11.2 Å². The van der Waals surface area contributed by atoms with Gasteiger partial charge >= 0.3 is 0 Å². The first kappa shape index (κ1) is 19.1. The van der Waals surface area contributed by atoms with Crippen LogP contribution in [0.25, 0.3) is 21.7 Å². The molecule has 4 rings (SSSR count). The molecule has 0 saturated heterocycles. The van der Waals surface area contributed by atoms with Crippen LogP contribution in [-0.2, 0) is 0 Å². The zero-order valence-electron chi connectivity index (χ0n) is 14.5. The van der Waals surface area contributed by atoms with E-state index in [9.17, 15) is 5.11 Å². The van der Waals surface area contributed by atoms with Crippen molar-refractivity contribution in [1.82, 2.24) is 9.97 Å². The molecule has 0 aliphatic carbocycles. The van der Waals surface area contributed by atoms with E-state index in [1.165, 1.54) is 11.1 Å². The Labute approximate surface area is 150 Å². The van der Waals surface area contributed by atoms with E-state index >= 15 is 0 Å². The number of phenols is 1. The van der Waals surface area contributed by atoms with Crippen LogP contribution in [0.15, 0.2) is 54.9 Å². The first-order chi connectivity index (χ1) is 11.6. The van der Waals surface area contributed by atoms with Crippen LogP contribution in [0, 0.1) is 13.8 Å². The van der Waals surface area contributed by atoms with Gasteiger partial charge < -0.3 is 21.4 Å². The fourth-order valence-electron chi connectivity index (χ4n) is 2.93. The second-order valence-corrected chi connectivity index (χ2v) is 5.98. The van der Waals surface area contributed by atoms with Gasteiger partial charge in [-0.1, -0.05) is 30.3 Å². The quantitative estimate of drug-likeness (QED) is 0.538. The number of hydrogen-bond acceptors (Lipinski definition) is 4. The van der Waals surface area contributed by atoms with Gasteiger partial charge in [0.15, 0.2) is 0 Å². The van der Waals surface area contributed by atoms with Crippen LogP contribution < -0.4 is 5.32 Å². The number of fused-ring (bicyclic) bond motifs is 2. The Bertz CT molecular complexity index is 1080. The van der Waals surface area contributed by atoms with Crippen molar-refractivity contribution >= 4 is 33.2 Å². The summed E-state index contributed by atoms with van der Waals surface area (Å²) in [5.74, 6) is 0.888. The van der Waals surface area contributed by atoms with Crippen molar-refractivity contribution in [2.45, 2.75) is 13.8 Å². The SMILES string of the molecule is Cc1cc2ncnc(Nc3c(O)ccc4ccccc34)c2cc1C.O.O. The Kier molecular flexibility index (Phi) is 5.40. The molecule has 6 heteroatoms. The smallest absolute Gasteiger partial charge is 0.141 e. The molecule has 4 aromatic rings. The summed E-state index contributed by atoms with van der Waals surface area (Å²) in [6.45, 7) is 4.14. The maximum atomic E-state index is 10.3. The number of aromatic nitrogens is 2. The number of nitrogens with one attached hydrogen (secondary N) is 1. The molecule has 0 radical (unpaired) electrons. The predicted octanol–water partition coefficient (Wildman–Crippen LogP) is 3.20. The number of benzene rings is 3. The molecule has 0 aliphatic heterocycles. The molecular weight excluding hydrogens is 330 g/mol. The molecule has 0 saturated carbocycles. The molecule has 0 atom stereocenters. The molecule has 0 fully saturated rings. The van der Waals surface area contributed by atoms with Gasteiger partial charge in [-0.05, 0) is 48.6 Å². The molecular formula is C20H21N3O3. The second-order valence-electron chi connectivity index (χ2n) is 5.98. The Balaban J connectivity index is 0.00000121. The number of aryl methyl sites for hydroxylation is 2. The molecule has 0 amide bonds. The van der Waals surface area contributed by atoms with E-state index in [0.29, 0.717) is 11.5 Å². The Morgan fingerprint density at radius 1 is 0.846 bits per heavy atom.